The molecular weight excluding hydrogens is 389 g/mol. The van der Waals surface area contributed by atoms with Crippen molar-refractivity contribution in [3.05, 3.63) is 53.6 Å². The smallest absolute Gasteiger partial charge is 0.256 e. The van der Waals surface area contributed by atoms with Crippen molar-refractivity contribution >= 4 is 11.9 Å². The first-order valence-corrected chi connectivity index (χ1v) is 8.83. The van der Waals surface area contributed by atoms with Gasteiger partial charge in [0.2, 0.25) is 5.91 Å². The van der Waals surface area contributed by atoms with E-state index in [0.717, 1.165) is 12.1 Å². The summed E-state index contributed by atoms with van der Waals surface area (Å²) in [6, 6.07) is 4.47. The Hall–Kier alpha value is -3.14. The fourth-order valence-electron chi connectivity index (χ4n) is 3.72. The van der Waals surface area contributed by atoms with Gasteiger partial charge in [0.1, 0.15) is 22.9 Å². The Balaban J connectivity index is 1.77. The number of hydrogen-bond donors (Lipinski definition) is 2. The number of amides is 1. The first kappa shape index (κ1) is 19.2. The highest BCUT2D eigenvalue weighted by atomic mass is 19.1. The second-order valence-corrected chi connectivity index (χ2v) is 6.92. The summed E-state index contributed by atoms with van der Waals surface area (Å²) < 4.78 is 52.9. The molecule has 3 heterocycles. The second kappa shape index (κ2) is 7.03. The molecule has 1 aromatic heterocycles. The number of carbonyl (C=O) groups is 1. The molecule has 1 amide bonds. The van der Waals surface area contributed by atoms with Crippen molar-refractivity contribution in [2.24, 2.45) is 5.92 Å². The van der Waals surface area contributed by atoms with Crippen molar-refractivity contribution in [2.45, 2.75) is 12.0 Å². The highest BCUT2D eigenvalue weighted by Gasteiger charge is 2.53. The van der Waals surface area contributed by atoms with E-state index in [2.05, 4.69) is 10.3 Å². The van der Waals surface area contributed by atoms with Gasteiger partial charge in [0.05, 0.1) is 18.7 Å². The Bertz CT molecular complexity index is 1000. The number of nitrogens with one attached hydrogen (secondary N) is 2. The monoisotopic (exact) mass is 406 g/mol. The molecule has 2 N–H and O–H groups in total. The highest BCUT2D eigenvalue weighted by molar-refractivity contribution is 6.00. The van der Waals surface area contributed by atoms with E-state index in [1.54, 1.807) is 0 Å². The van der Waals surface area contributed by atoms with Crippen molar-refractivity contribution in [1.82, 2.24) is 15.2 Å². The molecule has 0 aliphatic carbocycles. The topological polar surface area (TPSA) is 87.5 Å². The molecule has 0 radical (unpaired) electrons. The van der Waals surface area contributed by atoms with Crippen molar-refractivity contribution in [1.29, 1.82) is 5.41 Å². The maximum absolute atomic E-state index is 14.9. The summed E-state index contributed by atoms with van der Waals surface area (Å²) in [4.78, 5) is 17.2. The van der Waals surface area contributed by atoms with Gasteiger partial charge >= 0.3 is 0 Å². The van der Waals surface area contributed by atoms with Crippen LogP contribution in [0.25, 0.3) is 0 Å². The van der Waals surface area contributed by atoms with Crippen LogP contribution < -0.4 is 10.1 Å². The van der Waals surface area contributed by atoms with Crippen LogP contribution in [0.3, 0.4) is 0 Å². The van der Waals surface area contributed by atoms with E-state index in [9.17, 15) is 18.0 Å². The van der Waals surface area contributed by atoms with Gasteiger partial charge in [-0.3, -0.25) is 15.1 Å². The quantitative estimate of drug-likeness (QED) is 0.765. The van der Waals surface area contributed by atoms with Crippen LogP contribution in [0.5, 0.6) is 11.5 Å². The molecule has 2 saturated heterocycles. The van der Waals surface area contributed by atoms with Crippen LogP contribution in [0, 0.1) is 28.9 Å². The number of nitrogens with zero attached hydrogens (tertiary/aromatic N) is 2. The average Bonchev–Trinajstić information content (AvgIpc) is 2.70. The molecule has 4 rings (SSSR count). The number of ether oxygens (including phenoxy) is 2. The van der Waals surface area contributed by atoms with Crippen LogP contribution >= 0.6 is 0 Å². The first-order valence-electron chi connectivity index (χ1n) is 8.83. The molecule has 2 atom stereocenters. The third-order valence-electron chi connectivity index (χ3n) is 5.20. The van der Waals surface area contributed by atoms with Crippen LogP contribution in [0.4, 0.5) is 13.2 Å². The number of hydrogen-bond acceptors (Lipinski definition) is 5. The number of guanidine groups is 1. The summed E-state index contributed by atoms with van der Waals surface area (Å²) in [6.45, 7) is 0.273. The zero-order valence-electron chi connectivity index (χ0n) is 15.3. The van der Waals surface area contributed by atoms with Gasteiger partial charge in [-0.05, 0) is 24.6 Å². The van der Waals surface area contributed by atoms with Crippen molar-refractivity contribution < 1.29 is 27.4 Å². The van der Waals surface area contributed by atoms with Gasteiger partial charge in [-0.1, -0.05) is 0 Å². The van der Waals surface area contributed by atoms with Crippen LogP contribution in [0.2, 0.25) is 0 Å². The minimum atomic E-state index is -1.32. The molecule has 0 saturated carbocycles. The van der Waals surface area contributed by atoms with Gasteiger partial charge in [0.25, 0.3) is 5.95 Å². The zero-order valence-corrected chi connectivity index (χ0v) is 15.3. The highest BCUT2D eigenvalue weighted by Crippen LogP contribution is 2.42. The van der Waals surface area contributed by atoms with Gasteiger partial charge in [0.15, 0.2) is 11.7 Å². The molecule has 2 aliphatic rings. The molecule has 1 aromatic carbocycles. The lowest BCUT2D eigenvalue weighted by atomic mass is 9.73. The molecule has 2 aromatic rings. The number of fused-ring (bicyclic) bond motifs is 1. The van der Waals surface area contributed by atoms with E-state index in [1.165, 1.54) is 24.1 Å². The molecule has 0 bridgehead atoms. The molecule has 0 spiro atoms. The Morgan fingerprint density at radius 1 is 1.34 bits per heavy atom. The lowest BCUT2D eigenvalue weighted by molar-refractivity contribution is -0.143. The van der Waals surface area contributed by atoms with Gasteiger partial charge in [-0.2, -0.15) is 4.39 Å². The maximum Gasteiger partial charge on any atom is 0.256 e. The SMILES string of the molecule is CN1C(=N)N[C@@]2(c3cc(Oc4cc(F)cnc4F)ccc3F)COCC[C@H]2C1=O. The Labute approximate surface area is 163 Å². The minimum absolute atomic E-state index is 0.0195. The third kappa shape index (κ3) is 3.19. The second-order valence-electron chi connectivity index (χ2n) is 6.92. The zero-order chi connectivity index (χ0) is 20.8. The van der Waals surface area contributed by atoms with E-state index in [-0.39, 0.29) is 29.8 Å². The summed E-state index contributed by atoms with van der Waals surface area (Å²) in [5.41, 5.74) is -1.28. The van der Waals surface area contributed by atoms with E-state index >= 15 is 0 Å². The number of pyridine rings is 1. The number of carbonyl (C=O) groups excluding carboxylic acids is 1. The fraction of sp³-hybridized carbons (Fsp3) is 0.316. The minimum Gasteiger partial charge on any atom is -0.452 e. The van der Waals surface area contributed by atoms with Crippen molar-refractivity contribution in [3.63, 3.8) is 0 Å². The van der Waals surface area contributed by atoms with Crippen molar-refractivity contribution in [3.8, 4) is 11.5 Å². The van der Waals surface area contributed by atoms with Crippen molar-refractivity contribution in [2.75, 3.05) is 20.3 Å². The van der Waals surface area contributed by atoms with E-state index < -0.39 is 34.8 Å². The fourth-order valence-corrected chi connectivity index (χ4v) is 3.72. The number of aromatic nitrogens is 1. The molecule has 7 nitrogen and oxygen atoms in total. The summed E-state index contributed by atoms with van der Waals surface area (Å²) in [5, 5.41) is 11.0. The Morgan fingerprint density at radius 3 is 2.93 bits per heavy atom. The lowest BCUT2D eigenvalue weighted by Crippen LogP contribution is -2.68. The molecular formula is C19H17F3N4O3. The summed E-state index contributed by atoms with van der Waals surface area (Å²) in [7, 11) is 1.46. The van der Waals surface area contributed by atoms with Crippen LogP contribution in [0.15, 0.2) is 30.5 Å². The normalized spacial score (nSPS) is 24.1. The molecule has 0 unspecified atom stereocenters. The lowest BCUT2D eigenvalue weighted by Gasteiger charge is -2.49. The first-order chi connectivity index (χ1) is 13.8. The van der Waals surface area contributed by atoms with Gasteiger partial charge in [-0.15, -0.1) is 0 Å². The maximum atomic E-state index is 14.9. The van der Waals surface area contributed by atoms with Crippen LogP contribution in [-0.4, -0.2) is 42.0 Å². The summed E-state index contributed by atoms with van der Waals surface area (Å²) in [6.07, 6.45) is 1.04. The van der Waals surface area contributed by atoms with Gasteiger partial charge < -0.3 is 14.8 Å². The summed E-state index contributed by atoms with van der Waals surface area (Å²) >= 11 is 0. The van der Waals surface area contributed by atoms with Crippen LogP contribution in [-0.2, 0) is 15.1 Å². The van der Waals surface area contributed by atoms with Gasteiger partial charge in [-0.25, -0.2) is 13.8 Å². The van der Waals surface area contributed by atoms with Crippen LogP contribution in [0.1, 0.15) is 12.0 Å². The number of benzene rings is 1. The Morgan fingerprint density at radius 2 is 2.14 bits per heavy atom. The summed E-state index contributed by atoms with van der Waals surface area (Å²) in [5.74, 6) is -4.10. The van der Waals surface area contributed by atoms with Gasteiger partial charge in [0, 0.05) is 25.3 Å². The number of halogens is 3. The molecule has 152 valence electrons. The predicted molar refractivity (Wildman–Crippen MR) is 94.9 cm³/mol. The third-order valence-corrected chi connectivity index (χ3v) is 5.20. The largest absolute Gasteiger partial charge is 0.452 e. The number of rotatable bonds is 3. The Kier molecular flexibility index (Phi) is 4.65. The molecule has 2 aliphatic heterocycles. The molecule has 2 fully saturated rings. The standard InChI is InChI=1S/C19H17F3N4O3/c1-26-17(27)12-4-5-28-9-19(12,25-18(26)23)13-7-11(2-3-14(13)21)29-15-6-10(20)8-24-16(15)22/h2-3,6-8,12H,4-5,9H2,1H3,(H2,23,25)/t12-,19-/m0/s1. The molecule has 29 heavy (non-hydrogen) atoms. The predicted octanol–water partition coefficient (Wildman–Crippen LogP) is 2.52. The van der Waals surface area contributed by atoms with E-state index in [1.807, 2.05) is 0 Å². The van der Waals surface area contributed by atoms with E-state index in [4.69, 9.17) is 14.9 Å². The average molecular weight is 406 g/mol. The van der Waals surface area contributed by atoms with E-state index in [0.29, 0.717) is 19.2 Å². The molecule has 10 heteroatoms.